The molecule has 1 aromatic heterocycles. The van der Waals surface area contributed by atoms with Gasteiger partial charge in [-0.1, -0.05) is 30.3 Å². The first kappa shape index (κ1) is 19.1. The Morgan fingerprint density at radius 1 is 1.04 bits per heavy atom. The molecule has 2 amide bonds. The van der Waals surface area contributed by atoms with Crippen molar-refractivity contribution in [1.29, 1.82) is 0 Å². The summed E-state index contributed by atoms with van der Waals surface area (Å²) in [6.07, 6.45) is -0.832. The third kappa shape index (κ3) is 3.85. The van der Waals surface area contributed by atoms with Crippen LogP contribution in [0.1, 0.15) is 28.5 Å². The van der Waals surface area contributed by atoms with Gasteiger partial charge in [0, 0.05) is 5.39 Å². The van der Waals surface area contributed by atoms with Gasteiger partial charge in [0.25, 0.3) is 17.4 Å². The largest absolute Gasteiger partial charge is 0.481 e. The van der Waals surface area contributed by atoms with Gasteiger partial charge >= 0.3 is 0 Å². The number of aryl methyl sites for hydroxylation is 1. The number of rotatable bonds is 4. The number of benzene rings is 2. The molecular formula is C20H20N4O4. The summed E-state index contributed by atoms with van der Waals surface area (Å²) in [7, 11) is 0. The molecule has 0 radical (unpaired) electrons. The highest BCUT2D eigenvalue weighted by Crippen LogP contribution is 2.21. The van der Waals surface area contributed by atoms with Crippen LogP contribution in [-0.2, 0) is 4.79 Å². The van der Waals surface area contributed by atoms with Crippen molar-refractivity contribution in [2.45, 2.75) is 26.9 Å². The lowest BCUT2D eigenvalue weighted by molar-refractivity contribution is -0.128. The minimum atomic E-state index is -0.832. The Kier molecular flexibility index (Phi) is 5.39. The molecule has 0 bridgehead atoms. The van der Waals surface area contributed by atoms with Crippen molar-refractivity contribution >= 4 is 22.6 Å². The number of hydrazine groups is 1. The van der Waals surface area contributed by atoms with E-state index >= 15 is 0 Å². The maximum Gasteiger partial charge on any atom is 0.290 e. The van der Waals surface area contributed by atoms with Crippen LogP contribution in [0.3, 0.4) is 0 Å². The number of aromatic nitrogens is 2. The lowest BCUT2D eigenvalue weighted by Crippen LogP contribution is -2.47. The highest BCUT2D eigenvalue weighted by molar-refractivity contribution is 6.05. The molecule has 0 fully saturated rings. The number of ether oxygens (including phenoxy) is 1. The molecule has 0 aliphatic carbocycles. The molecule has 3 rings (SSSR count). The maximum absolute atomic E-state index is 12.4. The normalized spacial score (nSPS) is 11.7. The Hall–Kier alpha value is -3.68. The molecule has 2 aromatic carbocycles. The van der Waals surface area contributed by atoms with Crippen molar-refractivity contribution in [3.8, 4) is 5.75 Å². The second-order valence-corrected chi connectivity index (χ2v) is 6.35. The number of nitrogens with zero attached hydrogens (tertiary/aromatic N) is 1. The van der Waals surface area contributed by atoms with E-state index in [9.17, 15) is 14.4 Å². The number of carbonyl (C=O) groups excluding carboxylic acids is 2. The topological polar surface area (TPSA) is 113 Å². The van der Waals surface area contributed by atoms with Crippen LogP contribution >= 0.6 is 0 Å². The SMILES string of the molecule is Cc1cccc(O[C@@H](C)C(=O)NNC(=O)c2n[nH]c(=O)c3ccccc23)c1C. The Bertz CT molecular complexity index is 1110. The number of amides is 2. The van der Waals surface area contributed by atoms with Crippen molar-refractivity contribution < 1.29 is 14.3 Å². The summed E-state index contributed by atoms with van der Waals surface area (Å²) in [5, 5.41) is 6.78. The average molecular weight is 380 g/mol. The van der Waals surface area contributed by atoms with Crippen molar-refractivity contribution in [3.63, 3.8) is 0 Å². The Morgan fingerprint density at radius 3 is 2.50 bits per heavy atom. The first-order valence-corrected chi connectivity index (χ1v) is 8.69. The second-order valence-electron chi connectivity index (χ2n) is 6.35. The van der Waals surface area contributed by atoms with Gasteiger partial charge in [-0.05, 0) is 44.0 Å². The third-order valence-corrected chi connectivity index (χ3v) is 4.44. The van der Waals surface area contributed by atoms with Crippen LogP contribution < -0.4 is 21.1 Å². The standard InChI is InChI=1S/C20H20N4O4/c1-11-7-6-10-16(12(11)2)28-13(3)18(25)22-24-20(27)17-14-8-4-5-9-15(14)19(26)23-21-17/h4-10,13H,1-3H3,(H,22,25)(H,23,26)(H,24,27)/t13-/m0/s1. The molecule has 0 aliphatic heterocycles. The fraction of sp³-hybridized carbons (Fsp3) is 0.200. The zero-order chi connectivity index (χ0) is 20.3. The molecule has 28 heavy (non-hydrogen) atoms. The average Bonchev–Trinajstić information content (AvgIpc) is 2.69. The molecule has 0 unspecified atom stereocenters. The molecule has 0 saturated heterocycles. The third-order valence-electron chi connectivity index (χ3n) is 4.44. The fourth-order valence-corrected chi connectivity index (χ4v) is 2.66. The van der Waals surface area contributed by atoms with Crippen LogP contribution in [0, 0.1) is 13.8 Å². The number of H-pyrrole nitrogens is 1. The van der Waals surface area contributed by atoms with Crippen LogP contribution in [0.2, 0.25) is 0 Å². The number of hydrogen-bond donors (Lipinski definition) is 3. The van der Waals surface area contributed by atoms with E-state index in [1.54, 1.807) is 37.3 Å². The van der Waals surface area contributed by atoms with Gasteiger partial charge < -0.3 is 4.74 Å². The zero-order valence-corrected chi connectivity index (χ0v) is 15.7. The van der Waals surface area contributed by atoms with E-state index in [1.165, 1.54) is 0 Å². The summed E-state index contributed by atoms with van der Waals surface area (Å²) in [5.41, 5.74) is 6.21. The zero-order valence-electron chi connectivity index (χ0n) is 15.7. The number of carbonyl (C=O) groups is 2. The van der Waals surface area contributed by atoms with Crippen LogP contribution in [0.5, 0.6) is 5.75 Å². The molecule has 1 atom stereocenters. The van der Waals surface area contributed by atoms with Gasteiger partial charge in [0.15, 0.2) is 11.8 Å². The molecule has 0 aliphatic rings. The van der Waals surface area contributed by atoms with Crippen molar-refractivity contribution in [3.05, 3.63) is 69.6 Å². The predicted octanol–water partition coefficient (Wildman–Crippen LogP) is 1.77. The minimum absolute atomic E-state index is 0.00130. The summed E-state index contributed by atoms with van der Waals surface area (Å²) in [6.45, 7) is 5.44. The van der Waals surface area contributed by atoms with E-state index in [1.807, 2.05) is 26.0 Å². The Morgan fingerprint density at radius 2 is 1.75 bits per heavy atom. The second kappa shape index (κ2) is 7.91. The number of aromatic amines is 1. The monoisotopic (exact) mass is 380 g/mol. The summed E-state index contributed by atoms with van der Waals surface area (Å²) < 4.78 is 5.69. The van der Waals surface area contributed by atoms with E-state index in [0.717, 1.165) is 11.1 Å². The van der Waals surface area contributed by atoms with Crippen LogP contribution in [0.4, 0.5) is 0 Å². The van der Waals surface area contributed by atoms with Crippen molar-refractivity contribution in [2.75, 3.05) is 0 Å². The van der Waals surface area contributed by atoms with Gasteiger partial charge in [0.2, 0.25) is 0 Å². The highest BCUT2D eigenvalue weighted by Gasteiger charge is 2.19. The van der Waals surface area contributed by atoms with Gasteiger partial charge in [-0.15, -0.1) is 0 Å². The van der Waals surface area contributed by atoms with Gasteiger partial charge in [-0.2, -0.15) is 5.10 Å². The summed E-state index contributed by atoms with van der Waals surface area (Å²) in [6, 6.07) is 12.2. The molecule has 3 N–H and O–H groups in total. The summed E-state index contributed by atoms with van der Waals surface area (Å²) >= 11 is 0. The molecular weight excluding hydrogens is 360 g/mol. The molecule has 8 heteroatoms. The molecule has 3 aromatic rings. The van der Waals surface area contributed by atoms with Gasteiger partial charge in [0.1, 0.15) is 5.75 Å². The lowest BCUT2D eigenvalue weighted by Gasteiger charge is -2.17. The van der Waals surface area contributed by atoms with E-state index in [-0.39, 0.29) is 5.69 Å². The van der Waals surface area contributed by atoms with E-state index in [2.05, 4.69) is 21.0 Å². The van der Waals surface area contributed by atoms with E-state index in [4.69, 9.17) is 4.74 Å². The quantitative estimate of drug-likeness (QED) is 0.597. The molecule has 0 spiro atoms. The van der Waals surface area contributed by atoms with Crippen LogP contribution in [0.15, 0.2) is 47.3 Å². The van der Waals surface area contributed by atoms with Crippen LogP contribution in [0.25, 0.3) is 10.8 Å². The van der Waals surface area contributed by atoms with Crippen LogP contribution in [-0.4, -0.2) is 28.1 Å². The van der Waals surface area contributed by atoms with E-state index in [0.29, 0.717) is 16.5 Å². The summed E-state index contributed by atoms with van der Waals surface area (Å²) in [4.78, 5) is 36.5. The van der Waals surface area contributed by atoms with Crippen molar-refractivity contribution in [1.82, 2.24) is 21.0 Å². The summed E-state index contributed by atoms with van der Waals surface area (Å²) in [5.74, 6) is -0.579. The maximum atomic E-state index is 12.4. The van der Waals surface area contributed by atoms with Gasteiger partial charge in [-0.25, -0.2) is 5.10 Å². The minimum Gasteiger partial charge on any atom is -0.481 e. The molecule has 0 saturated carbocycles. The number of fused-ring (bicyclic) bond motifs is 1. The predicted molar refractivity (Wildman–Crippen MR) is 104 cm³/mol. The first-order chi connectivity index (χ1) is 13.4. The lowest BCUT2D eigenvalue weighted by atomic mass is 10.1. The Labute approximate surface area is 160 Å². The van der Waals surface area contributed by atoms with E-state index < -0.39 is 23.5 Å². The number of nitrogens with one attached hydrogen (secondary N) is 3. The smallest absolute Gasteiger partial charge is 0.290 e. The van der Waals surface area contributed by atoms with Crippen molar-refractivity contribution in [2.24, 2.45) is 0 Å². The fourth-order valence-electron chi connectivity index (χ4n) is 2.66. The van der Waals surface area contributed by atoms with Gasteiger partial charge in [0.05, 0.1) is 5.39 Å². The molecule has 144 valence electrons. The highest BCUT2D eigenvalue weighted by atomic mass is 16.5. The molecule has 1 heterocycles. The molecule has 8 nitrogen and oxygen atoms in total. The van der Waals surface area contributed by atoms with Gasteiger partial charge in [-0.3, -0.25) is 25.2 Å². The first-order valence-electron chi connectivity index (χ1n) is 8.69. The Balaban J connectivity index is 1.68. The number of hydrogen-bond acceptors (Lipinski definition) is 5.